The van der Waals surface area contributed by atoms with Gasteiger partial charge in [0.15, 0.2) is 5.82 Å². The maximum Gasteiger partial charge on any atom is 0.257 e. The van der Waals surface area contributed by atoms with Crippen molar-refractivity contribution in [1.29, 1.82) is 0 Å². The number of aromatic nitrogens is 3. The van der Waals surface area contributed by atoms with E-state index in [1.807, 2.05) is 19.1 Å². The van der Waals surface area contributed by atoms with Gasteiger partial charge < -0.3 is 10.6 Å². The molecule has 0 spiro atoms. The van der Waals surface area contributed by atoms with Gasteiger partial charge >= 0.3 is 0 Å². The summed E-state index contributed by atoms with van der Waals surface area (Å²) < 4.78 is 15.1. The highest BCUT2D eigenvalue weighted by Gasteiger charge is 2.38. The van der Waals surface area contributed by atoms with Crippen molar-refractivity contribution in [2.24, 2.45) is 5.73 Å². The molecule has 4 rings (SSSR count). The van der Waals surface area contributed by atoms with Gasteiger partial charge in [-0.1, -0.05) is 12.1 Å². The molecule has 2 aromatic heterocycles. The average Bonchev–Trinajstić information content (AvgIpc) is 3.29. The molecule has 0 aliphatic carbocycles. The Labute approximate surface area is 156 Å². The van der Waals surface area contributed by atoms with Crippen LogP contribution in [0.4, 0.5) is 4.39 Å². The Morgan fingerprint density at radius 1 is 1.30 bits per heavy atom. The Morgan fingerprint density at radius 3 is 2.93 bits per heavy atom. The Hall–Kier alpha value is -3.06. The average molecular weight is 365 g/mol. The van der Waals surface area contributed by atoms with E-state index < -0.39 is 5.54 Å². The molecule has 1 aliphatic heterocycles. The molecule has 138 valence electrons. The highest BCUT2D eigenvalue weighted by molar-refractivity contribution is 5.94. The molecule has 27 heavy (non-hydrogen) atoms. The van der Waals surface area contributed by atoms with Crippen molar-refractivity contribution >= 4 is 5.91 Å². The van der Waals surface area contributed by atoms with E-state index in [0.717, 1.165) is 5.56 Å². The SMILES string of the molecule is Cc1ccnc(-n2cc(C(=O)N3CCC(N)(c4cccc(F)c4)C3)cn2)c1. The van der Waals surface area contributed by atoms with Gasteiger partial charge in [-0.15, -0.1) is 0 Å². The van der Waals surface area contributed by atoms with Crippen LogP contribution in [-0.2, 0) is 5.54 Å². The fraction of sp³-hybridized carbons (Fsp3) is 0.250. The van der Waals surface area contributed by atoms with Crippen molar-refractivity contribution in [2.75, 3.05) is 13.1 Å². The van der Waals surface area contributed by atoms with E-state index in [9.17, 15) is 9.18 Å². The molecule has 0 bridgehead atoms. The second-order valence-electron chi connectivity index (χ2n) is 7.01. The molecular weight excluding hydrogens is 345 g/mol. The van der Waals surface area contributed by atoms with Gasteiger partial charge in [-0.25, -0.2) is 14.1 Å². The zero-order valence-electron chi connectivity index (χ0n) is 15.0. The van der Waals surface area contributed by atoms with Gasteiger partial charge in [-0.2, -0.15) is 5.10 Å². The van der Waals surface area contributed by atoms with Gasteiger partial charge in [0.2, 0.25) is 0 Å². The maximum absolute atomic E-state index is 13.6. The summed E-state index contributed by atoms with van der Waals surface area (Å²) in [5.41, 5.74) is 7.97. The summed E-state index contributed by atoms with van der Waals surface area (Å²) in [6.07, 6.45) is 5.49. The number of pyridine rings is 1. The molecule has 1 fully saturated rings. The predicted octanol–water partition coefficient (Wildman–Crippen LogP) is 2.41. The molecule has 1 atom stereocenters. The molecule has 7 heteroatoms. The molecule has 6 nitrogen and oxygen atoms in total. The molecule has 3 heterocycles. The van der Waals surface area contributed by atoms with Crippen molar-refractivity contribution in [3.05, 3.63) is 77.5 Å². The summed E-state index contributed by atoms with van der Waals surface area (Å²) >= 11 is 0. The Bertz CT molecular complexity index is 1000. The second kappa shape index (κ2) is 6.59. The number of nitrogens with zero attached hydrogens (tertiary/aromatic N) is 4. The van der Waals surface area contributed by atoms with E-state index in [4.69, 9.17) is 5.73 Å². The first-order valence-corrected chi connectivity index (χ1v) is 8.76. The number of rotatable bonds is 3. The van der Waals surface area contributed by atoms with E-state index in [-0.39, 0.29) is 11.7 Å². The lowest BCUT2D eigenvalue weighted by Crippen LogP contribution is -2.41. The van der Waals surface area contributed by atoms with Crippen LogP contribution in [0.3, 0.4) is 0 Å². The summed E-state index contributed by atoms with van der Waals surface area (Å²) in [5.74, 6) is 0.190. The molecule has 1 aliphatic rings. The minimum absolute atomic E-state index is 0.141. The summed E-state index contributed by atoms with van der Waals surface area (Å²) in [6, 6.07) is 10.1. The van der Waals surface area contributed by atoms with Crippen LogP contribution in [0, 0.1) is 12.7 Å². The van der Waals surface area contributed by atoms with Gasteiger partial charge in [-0.3, -0.25) is 4.79 Å². The van der Waals surface area contributed by atoms with Crippen LogP contribution in [0.15, 0.2) is 55.0 Å². The Morgan fingerprint density at radius 2 is 2.15 bits per heavy atom. The standard InChI is InChI=1S/C20H20FN5O/c1-14-5-7-23-18(9-14)26-12-15(11-24-26)19(27)25-8-6-20(22,13-25)16-3-2-4-17(21)10-16/h2-5,7,9-12H,6,8,13,22H2,1H3. The first-order valence-electron chi connectivity index (χ1n) is 8.76. The normalized spacial score (nSPS) is 19.4. The second-order valence-corrected chi connectivity index (χ2v) is 7.01. The number of hydrogen-bond donors (Lipinski definition) is 1. The van der Waals surface area contributed by atoms with Crippen molar-refractivity contribution in [1.82, 2.24) is 19.7 Å². The highest BCUT2D eigenvalue weighted by atomic mass is 19.1. The van der Waals surface area contributed by atoms with Crippen molar-refractivity contribution in [2.45, 2.75) is 18.9 Å². The van der Waals surface area contributed by atoms with E-state index in [0.29, 0.717) is 36.5 Å². The van der Waals surface area contributed by atoms with Crippen LogP contribution >= 0.6 is 0 Å². The molecule has 1 unspecified atom stereocenters. The van der Waals surface area contributed by atoms with Gasteiger partial charge in [0.1, 0.15) is 5.82 Å². The minimum Gasteiger partial charge on any atom is -0.336 e. The molecule has 3 aromatic rings. The lowest BCUT2D eigenvalue weighted by Gasteiger charge is -2.25. The van der Waals surface area contributed by atoms with Crippen LogP contribution in [-0.4, -0.2) is 38.7 Å². The third-order valence-corrected chi connectivity index (χ3v) is 4.95. The molecule has 1 saturated heterocycles. The third-order valence-electron chi connectivity index (χ3n) is 4.95. The minimum atomic E-state index is -0.744. The smallest absolute Gasteiger partial charge is 0.257 e. The number of hydrogen-bond acceptors (Lipinski definition) is 4. The first-order chi connectivity index (χ1) is 12.9. The van der Waals surface area contributed by atoms with Crippen LogP contribution in [0.25, 0.3) is 5.82 Å². The number of likely N-dealkylation sites (tertiary alicyclic amines) is 1. The highest BCUT2D eigenvalue weighted by Crippen LogP contribution is 2.30. The van der Waals surface area contributed by atoms with E-state index in [1.165, 1.54) is 18.3 Å². The molecule has 1 amide bonds. The number of benzene rings is 1. The third kappa shape index (κ3) is 3.33. The van der Waals surface area contributed by atoms with Crippen molar-refractivity contribution < 1.29 is 9.18 Å². The summed E-state index contributed by atoms with van der Waals surface area (Å²) in [7, 11) is 0. The number of halogens is 1. The summed E-state index contributed by atoms with van der Waals surface area (Å²) in [6.45, 7) is 2.82. The predicted molar refractivity (Wildman–Crippen MR) is 98.9 cm³/mol. The number of amides is 1. The number of carbonyl (C=O) groups is 1. The quantitative estimate of drug-likeness (QED) is 0.773. The zero-order chi connectivity index (χ0) is 19.0. The maximum atomic E-state index is 13.6. The molecular formula is C20H20FN5O. The van der Waals surface area contributed by atoms with E-state index in [2.05, 4.69) is 10.1 Å². The molecule has 2 N–H and O–H groups in total. The van der Waals surface area contributed by atoms with Crippen molar-refractivity contribution in [3.8, 4) is 5.82 Å². The lowest BCUT2D eigenvalue weighted by molar-refractivity contribution is 0.0783. The molecule has 0 saturated carbocycles. The Balaban J connectivity index is 1.53. The van der Waals surface area contributed by atoms with Gasteiger partial charge in [-0.05, 0) is 48.7 Å². The monoisotopic (exact) mass is 365 g/mol. The molecule has 1 aromatic carbocycles. The van der Waals surface area contributed by atoms with Crippen LogP contribution in [0.1, 0.15) is 27.9 Å². The van der Waals surface area contributed by atoms with Gasteiger partial charge in [0, 0.05) is 25.5 Å². The van der Waals surface area contributed by atoms with E-state index >= 15 is 0 Å². The fourth-order valence-electron chi connectivity index (χ4n) is 3.43. The first kappa shape index (κ1) is 17.4. The number of nitrogens with two attached hydrogens (primary N) is 1. The largest absolute Gasteiger partial charge is 0.336 e. The van der Waals surface area contributed by atoms with Crippen LogP contribution < -0.4 is 5.73 Å². The zero-order valence-corrected chi connectivity index (χ0v) is 15.0. The van der Waals surface area contributed by atoms with Crippen LogP contribution in [0.5, 0.6) is 0 Å². The fourth-order valence-corrected chi connectivity index (χ4v) is 3.43. The number of carbonyl (C=O) groups excluding carboxylic acids is 1. The van der Waals surface area contributed by atoms with Gasteiger partial charge in [0.05, 0.1) is 17.3 Å². The Kier molecular flexibility index (Phi) is 4.24. The van der Waals surface area contributed by atoms with Crippen LogP contribution in [0.2, 0.25) is 0 Å². The van der Waals surface area contributed by atoms with Gasteiger partial charge in [0.25, 0.3) is 5.91 Å². The number of aryl methyl sites for hydroxylation is 1. The lowest BCUT2D eigenvalue weighted by atomic mass is 9.90. The summed E-state index contributed by atoms with van der Waals surface area (Å²) in [5, 5.41) is 4.25. The summed E-state index contributed by atoms with van der Waals surface area (Å²) in [4.78, 5) is 18.8. The topological polar surface area (TPSA) is 77.0 Å². The van der Waals surface area contributed by atoms with Crippen molar-refractivity contribution in [3.63, 3.8) is 0 Å². The molecule has 0 radical (unpaired) electrons. The van der Waals surface area contributed by atoms with E-state index in [1.54, 1.807) is 34.1 Å².